The van der Waals surface area contributed by atoms with Crippen molar-refractivity contribution in [1.82, 2.24) is 0 Å². The Hall–Kier alpha value is -0.930. The van der Waals surface area contributed by atoms with Crippen LogP contribution < -0.4 is 0 Å². The quantitative estimate of drug-likeness (QED) is 0.663. The Kier molecular flexibility index (Phi) is 3.01. The lowest BCUT2D eigenvalue weighted by Gasteiger charge is -2.31. The van der Waals surface area contributed by atoms with Crippen LogP contribution in [0.25, 0.3) is 0 Å². The normalized spacial score (nSPS) is 32.1. The molecular formula is C10H14O3. The minimum absolute atomic E-state index is 0.0421. The van der Waals surface area contributed by atoms with Crippen LogP contribution >= 0.6 is 0 Å². The van der Waals surface area contributed by atoms with Crippen molar-refractivity contribution in [3.05, 3.63) is 24.3 Å². The number of carbonyl (C=O) groups excluding carboxylic acids is 1. The van der Waals surface area contributed by atoms with Crippen molar-refractivity contribution in [2.24, 2.45) is 5.92 Å². The zero-order valence-corrected chi connectivity index (χ0v) is 7.86. The van der Waals surface area contributed by atoms with Gasteiger partial charge in [0.2, 0.25) is 0 Å². The molecule has 13 heavy (non-hydrogen) atoms. The summed E-state index contributed by atoms with van der Waals surface area (Å²) in [5.74, 6) is -1.55. The van der Waals surface area contributed by atoms with Gasteiger partial charge in [0.25, 0.3) is 0 Å². The van der Waals surface area contributed by atoms with Crippen molar-refractivity contribution in [2.75, 3.05) is 7.11 Å². The fourth-order valence-electron chi connectivity index (χ4n) is 1.40. The van der Waals surface area contributed by atoms with Crippen LogP contribution in [0, 0.1) is 5.92 Å². The largest absolute Gasteiger partial charge is 0.362 e. The third kappa shape index (κ3) is 2.26. The van der Waals surface area contributed by atoms with Crippen molar-refractivity contribution < 1.29 is 14.6 Å². The maximum atomic E-state index is 10.9. The monoisotopic (exact) mass is 182 g/mol. The van der Waals surface area contributed by atoms with Gasteiger partial charge < -0.3 is 14.6 Å². The molecule has 0 aliphatic heterocycles. The van der Waals surface area contributed by atoms with E-state index in [-0.39, 0.29) is 11.7 Å². The first-order valence-corrected chi connectivity index (χ1v) is 4.21. The molecule has 0 saturated heterocycles. The molecule has 3 nitrogen and oxygen atoms in total. The molecule has 0 aromatic rings. The van der Waals surface area contributed by atoms with E-state index in [9.17, 15) is 9.90 Å². The number of carbonyl (C=O) groups is 1. The Morgan fingerprint density at radius 3 is 2.85 bits per heavy atom. The van der Waals surface area contributed by atoms with Crippen LogP contribution in [0.4, 0.5) is 0 Å². The second kappa shape index (κ2) is 3.85. The number of allylic oxidation sites excluding steroid dienone is 2. The molecule has 0 heterocycles. The van der Waals surface area contributed by atoms with Gasteiger partial charge in [0.15, 0.2) is 5.79 Å². The lowest BCUT2D eigenvalue weighted by molar-refractivity contribution is -0.176. The molecule has 0 fully saturated rings. The zero-order valence-electron chi connectivity index (χ0n) is 7.86. The van der Waals surface area contributed by atoms with Gasteiger partial charge in [-0.15, -0.1) is 0 Å². The Labute approximate surface area is 77.7 Å². The topological polar surface area (TPSA) is 46.5 Å². The maximum absolute atomic E-state index is 10.9. The summed E-state index contributed by atoms with van der Waals surface area (Å²) in [7, 11) is 1.43. The first kappa shape index (κ1) is 10.2. The minimum atomic E-state index is -1.32. The molecule has 1 N–H and O–H groups in total. The molecule has 0 spiro atoms. The number of aliphatic hydroxyl groups is 1. The molecule has 2 atom stereocenters. The van der Waals surface area contributed by atoms with E-state index in [1.54, 1.807) is 24.3 Å². The summed E-state index contributed by atoms with van der Waals surface area (Å²) in [6.07, 6.45) is 7.15. The van der Waals surface area contributed by atoms with Gasteiger partial charge in [0.1, 0.15) is 5.78 Å². The van der Waals surface area contributed by atoms with Crippen LogP contribution in [0.15, 0.2) is 24.3 Å². The second-order valence-electron chi connectivity index (χ2n) is 3.21. The smallest absolute Gasteiger partial charge is 0.192 e. The van der Waals surface area contributed by atoms with E-state index in [0.717, 1.165) is 0 Å². The van der Waals surface area contributed by atoms with Crippen molar-refractivity contribution in [3.8, 4) is 0 Å². The van der Waals surface area contributed by atoms with Crippen molar-refractivity contribution >= 4 is 5.78 Å². The highest BCUT2D eigenvalue weighted by Crippen LogP contribution is 2.27. The molecule has 3 heteroatoms. The lowest BCUT2D eigenvalue weighted by Crippen LogP contribution is -2.38. The average molecular weight is 182 g/mol. The highest BCUT2D eigenvalue weighted by atomic mass is 16.6. The van der Waals surface area contributed by atoms with E-state index in [4.69, 9.17) is 4.74 Å². The summed E-state index contributed by atoms with van der Waals surface area (Å²) in [6.45, 7) is 1.50. The number of hydrogen-bond acceptors (Lipinski definition) is 3. The highest BCUT2D eigenvalue weighted by Gasteiger charge is 2.34. The average Bonchev–Trinajstić information content (AvgIpc) is 2.09. The molecule has 0 aromatic heterocycles. The summed E-state index contributed by atoms with van der Waals surface area (Å²) in [5.41, 5.74) is 0. The Morgan fingerprint density at radius 1 is 1.62 bits per heavy atom. The summed E-state index contributed by atoms with van der Waals surface area (Å²) in [4.78, 5) is 10.9. The minimum Gasteiger partial charge on any atom is -0.362 e. The van der Waals surface area contributed by atoms with Crippen LogP contribution in [0.1, 0.15) is 13.3 Å². The van der Waals surface area contributed by atoms with Gasteiger partial charge in [-0.25, -0.2) is 0 Å². The first-order chi connectivity index (χ1) is 6.08. The molecule has 0 radical (unpaired) electrons. The van der Waals surface area contributed by atoms with Gasteiger partial charge in [0, 0.05) is 19.4 Å². The number of Topliss-reactive ketones (excluding diaryl/α,β-unsaturated/α-hetero) is 1. The zero-order chi connectivity index (χ0) is 9.90. The number of methoxy groups -OCH3 is 1. The van der Waals surface area contributed by atoms with Gasteiger partial charge in [0.05, 0.1) is 0 Å². The van der Waals surface area contributed by atoms with E-state index < -0.39 is 5.79 Å². The molecule has 72 valence electrons. The molecular weight excluding hydrogens is 168 g/mol. The van der Waals surface area contributed by atoms with Crippen LogP contribution in [-0.2, 0) is 9.53 Å². The first-order valence-electron chi connectivity index (χ1n) is 4.21. The fraction of sp³-hybridized carbons (Fsp3) is 0.500. The predicted molar refractivity (Wildman–Crippen MR) is 49.0 cm³/mol. The molecule has 0 amide bonds. The molecule has 1 aliphatic carbocycles. The van der Waals surface area contributed by atoms with Gasteiger partial charge in [-0.05, 0) is 13.0 Å². The fourth-order valence-corrected chi connectivity index (χ4v) is 1.40. The van der Waals surface area contributed by atoms with E-state index in [1.807, 2.05) is 0 Å². The third-order valence-corrected chi connectivity index (χ3v) is 2.16. The number of hydrogen-bond donors (Lipinski definition) is 1. The second-order valence-corrected chi connectivity index (χ2v) is 3.21. The Morgan fingerprint density at radius 2 is 2.31 bits per heavy atom. The number of ketones is 1. The van der Waals surface area contributed by atoms with Crippen LogP contribution in [0.2, 0.25) is 0 Å². The molecule has 1 aliphatic rings. The van der Waals surface area contributed by atoms with E-state index in [1.165, 1.54) is 14.0 Å². The van der Waals surface area contributed by atoms with Gasteiger partial charge in [-0.3, -0.25) is 0 Å². The summed E-state index contributed by atoms with van der Waals surface area (Å²) < 4.78 is 4.96. The molecule has 1 rings (SSSR count). The number of ether oxygens (including phenoxy) is 1. The van der Waals surface area contributed by atoms with Crippen LogP contribution in [0.5, 0.6) is 0 Å². The third-order valence-electron chi connectivity index (χ3n) is 2.16. The summed E-state index contributed by atoms with van der Waals surface area (Å²) in [5, 5.41) is 9.88. The van der Waals surface area contributed by atoms with Crippen molar-refractivity contribution in [2.45, 2.75) is 19.1 Å². The SMILES string of the molecule is COC1(O)C=CC=CC1CC(C)=O. The molecule has 0 aromatic carbocycles. The van der Waals surface area contributed by atoms with Crippen LogP contribution in [-0.4, -0.2) is 23.8 Å². The van der Waals surface area contributed by atoms with Crippen molar-refractivity contribution in [1.29, 1.82) is 0 Å². The molecule has 0 bridgehead atoms. The molecule has 2 unspecified atom stereocenters. The van der Waals surface area contributed by atoms with E-state index in [0.29, 0.717) is 6.42 Å². The Balaban J connectivity index is 2.76. The highest BCUT2D eigenvalue weighted by molar-refractivity contribution is 5.76. The van der Waals surface area contributed by atoms with E-state index in [2.05, 4.69) is 0 Å². The maximum Gasteiger partial charge on any atom is 0.192 e. The summed E-state index contributed by atoms with van der Waals surface area (Å²) in [6, 6.07) is 0. The Bertz CT molecular complexity index is 255. The van der Waals surface area contributed by atoms with Crippen molar-refractivity contribution in [3.63, 3.8) is 0 Å². The van der Waals surface area contributed by atoms with Gasteiger partial charge in [-0.2, -0.15) is 0 Å². The van der Waals surface area contributed by atoms with Gasteiger partial charge >= 0.3 is 0 Å². The van der Waals surface area contributed by atoms with E-state index >= 15 is 0 Å². The van der Waals surface area contributed by atoms with Gasteiger partial charge in [-0.1, -0.05) is 18.2 Å². The standard InChI is InChI=1S/C10H14O3/c1-8(11)7-9-5-3-4-6-10(9,12)13-2/h3-6,9,12H,7H2,1-2H3. The molecule has 0 saturated carbocycles. The summed E-state index contributed by atoms with van der Waals surface area (Å²) >= 11 is 0. The number of rotatable bonds is 3. The lowest BCUT2D eigenvalue weighted by atomic mass is 9.89. The predicted octanol–water partition coefficient (Wildman–Crippen LogP) is 1.04. The van der Waals surface area contributed by atoms with Crippen LogP contribution in [0.3, 0.4) is 0 Å².